The minimum absolute atomic E-state index is 0.00890. The van der Waals surface area contributed by atoms with Crippen LogP contribution in [-0.2, 0) is 57.1 Å². The van der Waals surface area contributed by atoms with Gasteiger partial charge >= 0.3 is 12.1 Å². The number of aliphatic hydroxyl groups excluding tert-OH is 2. The Morgan fingerprint density at radius 2 is 1.60 bits per heavy atom. The molecule has 75 heavy (non-hydrogen) atoms. The summed E-state index contributed by atoms with van der Waals surface area (Å²) in [4.78, 5) is 72.6. The maximum atomic E-state index is 14.5. The van der Waals surface area contributed by atoms with Gasteiger partial charge in [-0.25, -0.2) is 4.79 Å². The molecule has 3 aliphatic heterocycles. The standard InChI is InChI=1S/C56H88F3NO15/c1-34-15-11-10-12-16-35(2)46(73-26-25-71-33-55(57,58)59)31-42-20-18-40(7)56(68,75-42)52(65)53(66)60-22-14-13-17-43(60)54(67)74-47(37(4)29-41-19-21-45(72-24-23-61)48(30-41)69-8)32-44(62)36(3)28-39(6)50(64)51(70-9)49(63)38(5)27-34/h11,15-16,28,34,36-38,40-43,45-48,50-51,61,64,68H,10,12-14,17-27,29-33H2,1-9H3/b15-11+,35-16+,39-28+/t34-,36-,37-,38-,40-,41+,42+,43+,45-,46-,47+,48-,50-,51+,56-/m1/s1. The Morgan fingerprint density at radius 3 is 2.28 bits per heavy atom. The third-order valence-corrected chi connectivity index (χ3v) is 15.6. The molecule has 0 unspecified atom stereocenters. The van der Waals surface area contributed by atoms with Gasteiger partial charge in [-0.1, -0.05) is 58.9 Å². The number of rotatable bonds is 13. The predicted octanol–water partition coefficient (Wildman–Crippen LogP) is 7.37. The molecule has 0 aromatic heterocycles. The van der Waals surface area contributed by atoms with Crippen LogP contribution in [0.2, 0.25) is 0 Å². The second-order valence-electron chi connectivity index (χ2n) is 21.7. The number of esters is 1. The number of carbonyl (C=O) groups excluding carboxylic acids is 5. The highest BCUT2D eigenvalue weighted by Crippen LogP contribution is 2.38. The summed E-state index contributed by atoms with van der Waals surface area (Å²) in [5.41, 5.74) is 1.08. The van der Waals surface area contributed by atoms with Crippen LogP contribution in [0, 0.1) is 35.5 Å². The first-order valence-electron chi connectivity index (χ1n) is 27.2. The van der Waals surface area contributed by atoms with Crippen molar-refractivity contribution in [2.45, 2.75) is 199 Å². The molecule has 0 aromatic rings. The van der Waals surface area contributed by atoms with Crippen LogP contribution in [0.25, 0.3) is 0 Å². The van der Waals surface area contributed by atoms with Gasteiger partial charge in [0, 0.05) is 51.4 Å². The molecule has 0 spiro atoms. The number of ketones is 3. The fraction of sp³-hybridized carbons (Fsp3) is 0.804. The lowest BCUT2D eigenvalue weighted by Gasteiger charge is -2.43. The van der Waals surface area contributed by atoms with Gasteiger partial charge in [0.2, 0.25) is 5.79 Å². The lowest BCUT2D eigenvalue weighted by Crippen LogP contribution is -2.61. The monoisotopic (exact) mass is 1070 g/mol. The van der Waals surface area contributed by atoms with Crippen molar-refractivity contribution in [3.05, 3.63) is 35.5 Å². The molecular weight excluding hydrogens is 984 g/mol. The van der Waals surface area contributed by atoms with E-state index < -0.39 is 90.5 Å². The van der Waals surface area contributed by atoms with Gasteiger partial charge < -0.3 is 53.4 Å². The fourth-order valence-corrected chi connectivity index (χ4v) is 11.1. The fourth-order valence-electron chi connectivity index (χ4n) is 11.1. The molecule has 4 rings (SSSR count). The first-order valence-corrected chi connectivity index (χ1v) is 27.2. The van der Waals surface area contributed by atoms with E-state index in [1.54, 1.807) is 40.9 Å². The summed E-state index contributed by atoms with van der Waals surface area (Å²) in [6, 6.07) is -1.23. The van der Waals surface area contributed by atoms with Gasteiger partial charge in [0.25, 0.3) is 11.7 Å². The zero-order valence-electron chi connectivity index (χ0n) is 45.9. The Morgan fingerprint density at radius 1 is 0.867 bits per heavy atom. The SMILES string of the molecule is CO[C@@H]1C[C@H](C[C@@H](C)[C@@H]2CC(=O)[C@H](C)/C=C(\C)[C@@H](O)[C@@H](OC)C(=O)[C@H](C)C[C@H](C)/C=C/CC/C=C(\C)[C@H](OCCOCC(F)(F)F)C[C@@H]3CC[C@@H](C)[C@@](O)(O3)C(=O)C(=O)N3CCCC[C@H]3C(=O)O2)CC[C@H]1OCCO. The third kappa shape index (κ3) is 19.2. The molecule has 3 heterocycles. The molecule has 0 radical (unpaired) electrons. The number of cyclic esters (lactones) is 1. The second kappa shape index (κ2) is 30.7. The molecule has 1 aliphatic carbocycles. The van der Waals surface area contributed by atoms with E-state index in [1.165, 1.54) is 7.11 Å². The first kappa shape index (κ1) is 64.1. The average molecular weight is 1070 g/mol. The number of nitrogens with zero attached hydrogens (tertiary/aromatic N) is 1. The highest BCUT2D eigenvalue weighted by molar-refractivity contribution is 6.39. The molecule has 2 bridgehead atoms. The van der Waals surface area contributed by atoms with Crippen molar-refractivity contribution in [1.82, 2.24) is 4.90 Å². The molecule has 2 saturated heterocycles. The Balaban J connectivity index is 1.70. The lowest BCUT2D eigenvalue weighted by molar-refractivity contribution is -0.266. The molecule has 19 heteroatoms. The number of halogens is 3. The van der Waals surface area contributed by atoms with Crippen LogP contribution in [0.15, 0.2) is 35.5 Å². The minimum atomic E-state index is -4.52. The van der Waals surface area contributed by atoms with Crippen molar-refractivity contribution >= 4 is 29.2 Å². The molecule has 3 N–H and O–H groups in total. The highest BCUT2D eigenvalue weighted by Gasteiger charge is 2.53. The van der Waals surface area contributed by atoms with Crippen LogP contribution in [-0.4, -0.2) is 164 Å². The zero-order chi connectivity index (χ0) is 55.6. The first-order chi connectivity index (χ1) is 35.4. The number of alkyl halides is 3. The zero-order valence-corrected chi connectivity index (χ0v) is 45.9. The topological polar surface area (TPSA) is 214 Å². The largest absolute Gasteiger partial charge is 0.460 e. The molecule has 3 fully saturated rings. The minimum Gasteiger partial charge on any atom is -0.460 e. The van der Waals surface area contributed by atoms with Gasteiger partial charge in [-0.05, 0) is 120 Å². The van der Waals surface area contributed by atoms with Crippen LogP contribution >= 0.6 is 0 Å². The summed E-state index contributed by atoms with van der Waals surface area (Å²) >= 11 is 0. The summed E-state index contributed by atoms with van der Waals surface area (Å²) in [5.74, 6) is -8.82. The summed E-state index contributed by atoms with van der Waals surface area (Å²) in [6.45, 7) is 10.4. The average Bonchev–Trinajstić information content (AvgIpc) is 3.37. The maximum absolute atomic E-state index is 14.5. The van der Waals surface area contributed by atoms with E-state index >= 15 is 0 Å². The smallest absolute Gasteiger partial charge is 0.411 e. The number of Topliss-reactive ketones (excluding diaryl/α,β-unsaturated/α-hetero) is 3. The van der Waals surface area contributed by atoms with E-state index in [4.69, 9.17) is 33.2 Å². The van der Waals surface area contributed by atoms with E-state index in [0.29, 0.717) is 63.4 Å². The van der Waals surface area contributed by atoms with E-state index in [0.717, 1.165) is 16.9 Å². The molecule has 1 amide bonds. The summed E-state index contributed by atoms with van der Waals surface area (Å²) in [6.07, 6.45) is 3.25. The number of carbonyl (C=O) groups is 5. The summed E-state index contributed by atoms with van der Waals surface area (Å²) in [5, 5.41) is 33.0. The van der Waals surface area contributed by atoms with Gasteiger partial charge in [0.1, 0.15) is 36.7 Å². The number of ether oxygens (including phenoxy) is 7. The number of amides is 1. The van der Waals surface area contributed by atoms with Gasteiger partial charge in [-0.2, -0.15) is 13.2 Å². The Labute approximate surface area is 442 Å². The van der Waals surface area contributed by atoms with Gasteiger partial charge in [-0.3, -0.25) is 19.2 Å². The van der Waals surface area contributed by atoms with Crippen LogP contribution in [0.3, 0.4) is 0 Å². The molecule has 15 atom stereocenters. The number of fused-ring (bicyclic) bond motifs is 3. The molecular formula is C56H88F3NO15. The number of piperidine rings is 1. The van der Waals surface area contributed by atoms with Crippen molar-refractivity contribution in [2.24, 2.45) is 35.5 Å². The van der Waals surface area contributed by atoms with E-state index in [2.05, 4.69) is 0 Å². The molecule has 4 aliphatic rings. The molecule has 16 nitrogen and oxygen atoms in total. The van der Waals surface area contributed by atoms with Crippen LogP contribution in [0.1, 0.15) is 138 Å². The summed E-state index contributed by atoms with van der Waals surface area (Å²) < 4.78 is 79.1. The van der Waals surface area contributed by atoms with Gasteiger partial charge in [-0.15, -0.1) is 0 Å². The van der Waals surface area contributed by atoms with Gasteiger partial charge in [0.15, 0.2) is 5.78 Å². The second-order valence-corrected chi connectivity index (χ2v) is 21.7. The van der Waals surface area contributed by atoms with Crippen molar-refractivity contribution in [3.63, 3.8) is 0 Å². The van der Waals surface area contributed by atoms with E-state index in [-0.39, 0.29) is 100 Å². The lowest BCUT2D eigenvalue weighted by atomic mass is 9.78. The summed E-state index contributed by atoms with van der Waals surface area (Å²) in [7, 11) is 2.95. The number of hydrogen-bond donors (Lipinski definition) is 3. The van der Waals surface area contributed by atoms with Crippen molar-refractivity contribution in [1.29, 1.82) is 0 Å². The quantitative estimate of drug-likeness (QED) is 0.0711. The van der Waals surface area contributed by atoms with Crippen molar-refractivity contribution < 1.29 is 85.6 Å². The number of hydrogen-bond acceptors (Lipinski definition) is 15. The third-order valence-electron chi connectivity index (χ3n) is 15.6. The Bertz CT molecular complexity index is 1940. The maximum Gasteiger partial charge on any atom is 0.411 e. The number of allylic oxidation sites excluding steroid dienone is 4. The van der Waals surface area contributed by atoms with E-state index in [9.17, 15) is 52.5 Å². The predicted molar refractivity (Wildman–Crippen MR) is 272 cm³/mol. The highest BCUT2D eigenvalue weighted by atomic mass is 19.4. The molecule has 1 saturated carbocycles. The molecule has 0 aromatic carbocycles. The molecule has 428 valence electrons. The normalized spacial score (nSPS) is 36.7. The van der Waals surface area contributed by atoms with Crippen molar-refractivity contribution in [2.75, 3.05) is 53.8 Å². The van der Waals surface area contributed by atoms with Crippen molar-refractivity contribution in [3.8, 4) is 0 Å². The van der Waals surface area contributed by atoms with Gasteiger partial charge in [0.05, 0.1) is 50.8 Å². The van der Waals surface area contributed by atoms with Crippen LogP contribution in [0.5, 0.6) is 0 Å². The van der Waals surface area contributed by atoms with Crippen LogP contribution in [0.4, 0.5) is 13.2 Å². The Kier molecular flexibility index (Phi) is 26.2. The Hall–Kier alpha value is -3.40. The number of aliphatic hydroxyl groups is 3. The van der Waals surface area contributed by atoms with Crippen LogP contribution < -0.4 is 0 Å². The van der Waals surface area contributed by atoms with E-state index in [1.807, 2.05) is 39.0 Å². The number of methoxy groups -OCH3 is 2.